The highest BCUT2D eigenvalue weighted by Crippen LogP contribution is 1.92. The highest BCUT2D eigenvalue weighted by Gasteiger charge is 2.02. The SMILES string of the molecule is Cc1cn(CCC(=O)Cl)c(=O)[nH]c1=O. The van der Waals surface area contributed by atoms with E-state index >= 15 is 0 Å². The van der Waals surface area contributed by atoms with Crippen molar-refractivity contribution < 1.29 is 4.79 Å². The van der Waals surface area contributed by atoms with Gasteiger partial charge in [0.15, 0.2) is 0 Å². The zero-order valence-corrected chi connectivity index (χ0v) is 8.30. The molecule has 0 saturated heterocycles. The standard InChI is InChI=1S/C8H9ClN2O3/c1-5-4-11(3-2-6(9)12)8(14)10-7(5)13/h4H,2-3H2,1H3,(H,10,13,14). The number of nitrogens with one attached hydrogen (secondary N) is 1. The largest absolute Gasteiger partial charge is 0.328 e. The maximum atomic E-state index is 11.2. The Bertz CT molecular complexity index is 460. The first-order chi connectivity index (χ1) is 6.50. The number of nitrogens with zero attached hydrogens (tertiary/aromatic N) is 1. The Balaban J connectivity index is 2.99. The minimum Gasteiger partial charge on any atom is -0.300 e. The fourth-order valence-corrected chi connectivity index (χ4v) is 1.08. The second kappa shape index (κ2) is 4.23. The summed E-state index contributed by atoms with van der Waals surface area (Å²) in [6, 6.07) is 0. The molecule has 1 rings (SSSR count). The highest BCUT2D eigenvalue weighted by atomic mass is 35.5. The van der Waals surface area contributed by atoms with E-state index in [0.29, 0.717) is 5.56 Å². The molecule has 1 aromatic heterocycles. The van der Waals surface area contributed by atoms with E-state index in [1.165, 1.54) is 10.8 Å². The number of halogens is 1. The van der Waals surface area contributed by atoms with Crippen LogP contribution in [0, 0.1) is 6.92 Å². The summed E-state index contributed by atoms with van der Waals surface area (Å²) in [6.45, 7) is 1.76. The molecular weight excluding hydrogens is 208 g/mol. The maximum Gasteiger partial charge on any atom is 0.328 e. The molecule has 0 aliphatic heterocycles. The molecule has 0 aliphatic rings. The first kappa shape index (κ1) is 10.7. The molecule has 6 heteroatoms. The van der Waals surface area contributed by atoms with Gasteiger partial charge in [-0.2, -0.15) is 0 Å². The van der Waals surface area contributed by atoms with Gasteiger partial charge in [-0.1, -0.05) is 0 Å². The minimum absolute atomic E-state index is 0.0624. The molecule has 0 bridgehead atoms. The lowest BCUT2D eigenvalue weighted by Gasteiger charge is -2.02. The molecule has 1 N–H and O–H groups in total. The van der Waals surface area contributed by atoms with E-state index in [1.807, 2.05) is 0 Å². The Morgan fingerprint density at radius 2 is 2.21 bits per heavy atom. The molecule has 1 aromatic rings. The van der Waals surface area contributed by atoms with Crippen LogP contribution in [-0.2, 0) is 11.3 Å². The van der Waals surface area contributed by atoms with E-state index < -0.39 is 16.5 Å². The predicted molar refractivity (Wildman–Crippen MR) is 51.5 cm³/mol. The van der Waals surface area contributed by atoms with Crippen LogP contribution in [0.25, 0.3) is 0 Å². The van der Waals surface area contributed by atoms with Crippen LogP contribution in [0.4, 0.5) is 0 Å². The summed E-state index contributed by atoms with van der Waals surface area (Å²) in [4.78, 5) is 34.7. The van der Waals surface area contributed by atoms with Gasteiger partial charge in [-0.15, -0.1) is 0 Å². The molecule has 0 aliphatic carbocycles. The third-order valence-electron chi connectivity index (χ3n) is 1.74. The van der Waals surface area contributed by atoms with Gasteiger partial charge < -0.3 is 0 Å². The number of hydrogen-bond donors (Lipinski definition) is 1. The van der Waals surface area contributed by atoms with E-state index in [9.17, 15) is 14.4 Å². The van der Waals surface area contributed by atoms with Crippen LogP contribution in [0.15, 0.2) is 15.8 Å². The first-order valence-electron chi connectivity index (χ1n) is 3.99. The molecule has 0 saturated carbocycles. The molecule has 0 fully saturated rings. The van der Waals surface area contributed by atoms with Crippen LogP contribution in [0.1, 0.15) is 12.0 Å². The molecule has 76 valence electrons. The summed E-state index contributed by atoms with van der Waals surface area (Å²) in [5, 5.41) is -0.513. The number of hydrogen-bond acceptors (Lipinski definition) is 3. The summed E-state index contributed by atoms with van der Waals surface area (Å²) < 4.78 is 1.25. The third kappa shape index (κ3) is 2.56. The molecule has 14 heavy (non-hydrogen) atoms. The molecule has 0 aromatic carbocycles. The Morgan fingerprint density at radius 3 is 2.79 bits per heavy atom. The third-order valence-corrected chi connectivity index (χ3v) is 1.93. The monoisotopic (exact) mass is 216 g/mol. The molecule has 5 nitrogen and oxygen atoms in total. The van der Waals surface area contributed by atoms with Gasteiger partial charge in [-0.25, -0.2) is 4.79 Å². The summed E-state index contributed by atoms with van der Waals surface area (Å²) in [5.74, 6) is 0. The lowest BCUT2D eigenvalue weighted by Crippen LogP contribution is -2.31. The number of carbonyl (C=O) groups excluding carboxylic acids is 1. The van der Waals surface area contributed by atoms with Gasteiger partial charge in [0, 0.05) is 24.7 Å². The van der Waals surface area contributed by atoms with E-state index in [4.69, 9.17) is 11.6 Å². The van der Waals surface area contributed by atoms with Crippen LogP contribution in [0.5, 0.6) is 0 Å². The van der Waals surface area contributed by atoms with Crippen LogP contribution in [0.2, 0.25) is 0 Å². The molecule has 0 unspecified atom stereocenters. The van der Waals surface area contributed by atoms with Crippen molar-refractivity contribution in [3.8, 4) is 0 Å². The second-order valence-electron chi connectivity index (χ2n) is 2.87. The molecule has 0 amide bonds. The Kier molecular flexibility index (Phi) is 3.24. The van der Waals surface area contributed by atoms with Crippen molar-refractivity contribution in [2.75, 3.05) is 0 Å². The number of H-pyrrole nitrogens is 1. The van der Waals surface area contributed by atoms with E-state index in [2.05, 4.69) is 4.98 Å². The summed E-state index contributed by atoms with van der Waals surface area (Å²) >= 11 is 5.12. The van der Waals surface area contributed by atoms with Crippen LogP contribution in [0.3, 0.4) is 0 Å². The quantitative estimate of drug-likeness (QED) is 0.723. The first-order valence-corrected chi connectivity index (χ1v) is 4.37. The smallest absolute Gasteiger partial charge is 0.300 e. The number of rotatable bonds is 3. The zero-order valence-electron chi connectivity index (χ0n) is 7.54. The molecular formula is C8H9ClN2O3. The van der Waals surface area contributed by atoms with Crippen LogP contribution in [-0.4, -0.2) is 14.8 Å². The fourth-order valence-electron chi connectivity index (χ4n) is 0.993. The lowest BCUT2D eigenvalue weighted by molar-refractivity contribution is -0.111. The van der Waals surface area contributed by atoms with Gasteiger partial charge in [0.25, 0.3) is 5.56 Å². The van der Waals surface area contributed by atoms with Gasteiger partial charge in [-0.3, -0.25) is 19.1 Å². The average Bonchev–Trinajstić information content (AvgIpc) is 2.09. The number of carbonyl (C=O) groups is 1. The van der Waals surface area contributed by atoms with Gasteiger partial charge >= 0.3 is 5.69 Å². The summed E-state index contributed by atoms with van der Waals surface area (Å²) in [5.41, 5.74) is -0.520. The average molecular weight is 217 g/mol. The zero-order chi connectivity index (χ0) is 10.7. The molecule has 0 radical (unpaired) electrons. The number of aromatic amines is 1. The maximum absolute atomic E-state index is 11.2. The number of aryl methyl sites for hydroxylation is 2. The van der Waals surface area contributed by atoms with E-state index in [0.717, 1.165) is 0 Å². The van der Waals surface area contributed by atoms with Crippen molar-refractivity contribution in [2.24, 2.45) is 0 Å². The number of aromatic nitrogens is 2. The Hall–Kier alpha value is -1.36. The molecule has 1 heterocycles. The lowest BCUT2D eigenvalue weighted by atomic mass is 10.4. The van der Waals surface area contributed by atoms with Gasteiger partial charge in [0.2, 0.25) is 5.24 Å². The van der Waals surface area contributed by atoms with Gasteiger partial charge in [0.1, 0.15) is 0 Å². The van der Waals surface area contributed by atoms with Gasteiger partial charge in [-0.05, 0) is 18.5 Å². The van der Waals surface area contributed by atoms with Crippen molar-refractivity contribution in [3.63, 3.8) is 0 Å². The fraction of sp³-hybridized carbons (Fsp3) is 0.375. The van der Waals surface area contributed by atoms with Crippen molar-refractivity contribution >= 4 is 16.8 Å². The van der Waals surface area contributed by atoms with Crippen LogP contribution >= 0.6 is 11.6 Å². The highest BCUT2D eigenvalue weighted by molar-refractivity contribution is 6.63. The van der Waals surface area contributed by atoms with E-state index in [1.54, 1.807) is 6.92 Å². The molecule has 0 spiro atoms. The van der Waals surface area contributed by atoms with Crippen molar-refractivity contribution in [1.29, 1.82) is 0 Å². The van der Waals surface area contributed by atoms with Crippen LogP contribution < -0.4 is 11.2 Å². The van der Waals surface area contributed by atoms with E-state index in [-0.39, 0.29) is 13.0 Å². The van der Waals surface area contributed by atoms with Crippen molar-refractivity contribution in [3.05, 3.63) is 32.6 Å². The predicted octanol–water partition coefficient (Wildman–Crippen LogP) is 0.000520. The molecule has 0 atom stereocenters. The topological polar surface area (TPSA) is 71.9 Å². The second-order valence-corrected chi connectivity index (χ2v) is 3.29. The minimum atomic E-state index is -0.529. The summed E-state index contributed by atoms with van der Waals surface area (Å²) in [7, 11) is 0. The van der Waals surface area contributed by atoms with Gasteiger partial charge in [0.05, 0.1) is 0 Å². The Labute approximate surface area is 84.3 Å². The summed E-state index contributed by atoms with van der Waals surface area (Å²) in [6.07, 6.45) is 1.47. The van der Waals surface area contributed by atoms with Crippen molar-refractivity contribution in [1.82, 2.24) is 9.55 Å². The Morgan fingerprint density at radius 1 is 1.57 bits per heavy atom. The normalized spacial score (nSPS) is 10.1. The van der Waals surface area contributed by atoms with Crippen molar-refractivity contribution in [2.45, 2.75) is 19.9 Å².